The van der Waals surface area contributed by atoms with E-state index in [0.29, 0.717) is 4.47 Å². The van der Waals surface area contributed by atoms with Crippen molar-refractivity contribution < 1.29 is 15.0 Å². The van der Waals surface area contributed by atoms with Crippen molar-refractivity contribution in [3.8, 4) is 5.75 Å². The maximum absolute atomic E-state index is 10.4. The number of hydrogen-bond donors (Lipinski definition) is 2. The van der Waals surface area contributed by atoms with Crippen molar-refractivity contribution in [3.63, 3.8) is 0 Å². The third kappa shape index (κ3) is 1.70. The molecule has 0 unspecified atom stereocenters. The van der Waals surface area contributed by atoms with E-state index in [1.165, 1.54) is 6.07 Å². The lowest BCUT2D eigenvalue weighted by molar-refractivity contribution is 0.0696. The number of halogens is 2. The molecule has 1 rings (SSSR count). The zero-order valence-electron chi connectivity index (χ0n) is 5.71. The van der Waals surface area contributed by atoms with Gasteiger partial charge >= 0.3 is 5.97 Å². The lowest BCUT2D eigenvalue weighted by Gasteiger charge is -2.01. The van der Waals surface area contributed by atoms with Gasteiger partial charge in [-0.3, -0.25) is 0 Å². The van der Waals surface area contributed by atoms with Gasteiger partial charge in [-0.05, 0) is 28.1 Å². The Morgan fingerprint density at radius 3 is 2.50 bits per heavy atom. The number of phenols is 1. The van der Waals surface area contributed by atoms with Crippen LogP contribution < -0.4 is 0 Å². The molecule has 0 fully saturated rings. The van der Waals surface area contributed by atoms with Crippen LogP contribution in [-0.4, -0.2) is 16.2 Å². The topological polar surface area (TPSA) is 57.5 Å². The van der Waals surface area contributed by atoms with Crippen molar-refractivity contribution in [2.24, 2.45) is 0 Å². The fourth-order valence-electron chi connectivity index (χ4n) is 0.698. The second-order valence-electron chi connectivity index (χ2n) is 2.10. The molecule has 3 nitrogen and oxygen atoms in total. The van der Waals surface area contributed by atoms with Gasteiger partial charge in [-0.25, -0.2) is 4.79 Å². The zero-order valence-corrected chi connectivity index (χ0v) is 8.06. The molecule has 0 aliphatic rings. The molecule has 2 N–H and O–H groups in total. The molecule has 0 spiro atoms. The first kappa shape index (κ1) is 9.35. The molecule has 1 aromatic rings. The van der Waals surface area contributed by atoms with E-state index in [-0.39, 0.29) is 16.3 Å². The van der Waals surface area contributed by atoms with Gasteiger partial charge in [0.1, 0.15) is 5.75 Å². The third-order valence-corrected chi connectivity index (χ3v) is 2.62. The Labute approximate surface area is 81.7 Å². The Kier molecular flexibility index (Phi) is 2.59. The Bertz CT molecular complexity index is 314. The van der Waals surface area contributed by atoms with Crippen LogP contribution in [0, 0.1) is 0 Å². The fourth-order valence-corrected chi connectivity index (χ4v) is 1.14. The number of rotatable bonds is 1. The number of aromatic hydroxyl groups is 1. The average Bonchev–Trinajstić information content (AvgIpc) is 1.99. The zero-order chi connectivity index (χ0) is 9.30. The highest BCUT2D eigenvalue weighted by Gasteiger charge is 2.09. The molecule has 0 bridgehead atoms. The largest absolute Gasteiger partial charge is 0.507 e. The standard InChI is InChI=1S/C7H4BrClO3/c8-6-4(9)1-3(7(11)12)2-5(6)10/h1-2,10H,(H,11,12). The minimum atomic E-state index is -1.13. The van der Waals surface area contributed by atoms with Crippen LogP contribution >= 0.6 is 27.5 Å². The van der Waals surface area contributed by atoms with Gasteiger partial charge in [-0.1, -0.05) is 11.6 Å². The quantitative estimate of drug-likeness (QED) is 0.806. The highest BCUT2D eigenvalue weighted by atomic mass is 79.9. The molecule has 0 saturated heterocycles. The molecular weight excluding hydrogens is 247 g/mol. The first-order valence-corrected chi connectivity index (χ1v) is 4.10. The molecule has 0 aliphatic heterocycles. The Morgan fingerprint density at radius 1 is 1.50 bits per heavy atom. The van der Waals surface area contributed by atoms with Gasteiger partial charge in [-0.2, -0.15) is 0 Å². The summed E-state index contributed by atoms with van der Waals surface area (Å²) in [6.07, 6.45) is 0. The third-order valence-electron chi connectivity index (χ3n) is 1.26. The molecule has 0 saturated carbocycles. The first-order valence-electron chi connectivity index (χ1n) is 2.93. The molecule has 1 aromatic carbocycles. The number of benzene rings is 1. The van der Waals surface area contributed by atoms with E-state index in [1.54, 1.807) is 0 Å². The van der Waals surface area contributed by atoms with Crippen molar-refractivity contribution >= 4 is 33.5 Å². The van der Waals surface area contributed by atoms with Crippen LogP contribution in [0.25, 0.3) is 0 Å². The van der Waals surface area contributed by atoms with Crippen molar-refractivity contribution in [2.75, 3.05) is 0 Å². The summed E-state index contributed by atoms with van der Waals surface area (Å²) in [4.78, 5) is 10.4. The van der Waals surface area contributed by atoms with Crippen LogP contribution in [0.2, 0.25) is 5.02 Å². The van der Waals surface area contributed by atoms with Crippen LogP contribution in [0.4, 0.5) is 0 Å². The lowest BCUT2D eigenvalue weighted by atomic mass is 10.2. The van der Waals surface area contributed by atoms with Crippen LogP contribution in [0.1, 0.15) is 10.4 Å². The van der Waals surface area contributed by atoms with Crippen LogP contribution in [0.5, 0.6) is 5.75 Å². The number of hydrogen-bond acceptors (Lipinski definition) is 2. The number of aromatic carboxylic acids is 1. The van der Waals surface area contributed by atoms with E-state index >= 15 is 0 Å². The van der Waals surface area contributed by atoms with Crippen molar-refractivity contribution in [1.29, 1.82) is 0 Å². The maximum atomic E-state index is 10.4. The molecule has 0 heterocycles. The summed E-state index contributed by atoms with van der Waals surface area (Å²) in [5.74, 6) is -1.31. The van der Waals surface area contributed by atoms with E-state index in [2.05, 4.69) is 15.9 Å². The van der Waals surface area contributed by atoms with Crippen molar-refractivity contribution in [3.05, 3.63) is 27.2 Å². The Hall–Kier alpha value is -0.740. The maximum Gasteiger partial charge on any atom is 0.335 e. The second kappa shape index (κ2) is 3.33. The molecule has 0 amide bonds. The van der Waals surface area contributed by atoms with E-state index in [0.717, 1.165) is 6.07 Å². The monoisotopic (exact) mass is 250 g/mol. The van der Waals surface area contributed by atoms with Gasteiger partial charge in [0, 0.05) is 0 Å². The highest BCUT2D eigenvalue weighted by molar-refractivity contribution is 9.10. The summed E-state index contributed by atoms with van der Waals surface area (Å²) in [5, 5.41) is 17.8. The van der Waals surface area contributed by atoms with Crippen molar-refractivity contribution in [2.45, 2.75) is 0 Å². The van der Waals surface area contributed by atoms with Crippen LogP contribution in [0.15, 0.2) is 16.6 Å². The minimum absolute atomic E-state index is 0.0410. The molecule has 5 heteroatoms. The lowest BCUT2D eigenvalue weighted by Crippen LogP contribution is -1.95. The second-order valence-corrected chi connectivity index (χ2v) is 3.30. The van der Waals surface area contributed by atoms with Gasteiger partial charge in [0.15, 0.2) is 0 Å². The van der Waals surface area contributed by atoms with Crippen LogP contribution in [0.3, 0.4) is 0 Å². The van der Waals surface area contributed by atoms with E-state index < -0.39 is 5.97 Å². The number of carboxylic acids is 1. The minimum Gasteiger partial charge on any atom is -0.507 e. The SMILES string of the molecule is O=C(O)c1cc(O)c(Br)c(Cl)c1. The Morgan fingerprint density at radius 2 is 2.08 bits per heavy atom. The predicted molar refractivity (Wildman–Crippen MR) is 47.8 cm³/mol. The van der Waals surface area contributed by atoms with E-state index in [1.807, 2.05) is 0 Å². The summed E-state index contributed by atoms with van der Waals surface area (Å²) in [6.45, 7) is 0. The van der Waals surface area contributed by atoms with Crippen molar-refractivity contribution in [1.82, 2.24) is 0 Å². The summed E-state index contributed by atoms with van der Waals surface area (Å²) < 4.78 is 0.300. The molecular formula is C7H4BrClO3. The molecule has 12 heavy (non-hydrogen) atoms. The number of carboxylic acid groups (broad SMARTS) is 1. The van der Waals surface area contributed by atoms with Gasteiger partial charge in [0.25, 0.3) is 0 Å². The van der Waals surface area contributed by atoms with Gasteiger partial charge in [0.05, 0.1) is 15.1 Å². The first-order chi connectivity index (χ1) is 5.52. The molecule has 0 aliphatic carbocycles. The molecule has 0 atom stereocenters. The summed E-state index contributed by atoms with van der Waals surface area (Å²) in [6, 6.07) is 2.38. The molecule has 64 valence electrons. The summed E-state index contributed by atoms with van der Waals surface area (Å²) >= 11 is 8.58. The Balaban J connectivity index is 3.31. The highest BCUT2D eigenvalue weighted by Crippen LogP contribution is 2.32. The normalized spacial score (nSPS) is 9.83. The van der Waals surface area contributed by atoms with Gasteiger partial charge in [0.2, 0.25) is 0 Å². The number of phenolic OH excluding ortho intramolecular Hbond substituents is 1. The molecule has 0 aromatic heterocycles. The van der Waals surface area contributed by atoms with E-state index in [4.69, 9.17) is 21.8 Å². The van der Waals surface area contributed by atoms with E-state index in [9.17, 15) is 4.79 Å². The van der Waals surface area contributed by atoms with Gasteiger partial charge < -0.3 is 10.2 Å². The predicted octanol–water partition coefficient (Wildman–Crippen LogP) is 2.51. The average molecular weight is 251 g/mol. The fraction of sp³-hybridized carbons (Fsp3) is 0. The summed E-state index contributed by atoms with van der Waals surface area (Å²) in [5.41, 5.74) is -0.0410. The number of carbonyl (C=O) groups is 1. The molecule has 0 radical (unpaired) electrons. The summed E-state index contributed by atoms with van der Waals surface area (Å²) in [7, 11) is 0. The smallest absolute Gasteiger partial charge is 0.335 e. The van der Waals surface area contributed by atoms with Crippen LogP contribution in [-0.2, 0) is 0 Å². The van der Waals surface area contributed by atoms with Gasteiger partial charge in [-0.15, -0.1) is 0 Å².